The molecule has 0 radical (unpaired) electrons. The average Bonchev–Trinajstić information content (AvgIpc) is 3.43. The highest BCUT2D eigenvalue weighted by atomic mass is 16.6. The van der Waals surface area contributed by atoms with E-state index in [-0.39, 0.29) is 65.3 Å². The van der Waals surface area contributed by atoms with Gasteiger partial charge in [-0.25, -0.2) is 9.59 Å². The molecule has 0 heterocycles. The van der Waals surface area contributed by atoms with E-state index in [9.17, 15) is 47.9 Å². The van der Waals surface area contributed by atoms with Gasteiger partial charge in [0.25, 0.3) is 0 Å². The van der Waals surface area contributed by atoms with Gasteiger partial charge in [0.1, 0.15) is 49.4 Å². The van der Waals surface area contributed by atoms with Gasteiger partial charge >= 0.3 is 59.7 Å². The van der Waals surface area contributed by atoms with Crippen molar-refractivity contribution in [3.8, 4) is 23.0 Å². The van der Waals surface area contributed by atoms with Gasteiger partial charge in [-0.15, -0.1) is 0 Å². The summed E-state index contributed by atoms with van der Waals surface area (Å²) in [6.07, 6.45) is 5.56. The zero-order valence-corrected chi connectivity index (χ0v) is 43.0. The molecule has 2 aliphatic carbocycles. The van der Waals surface area contributed by atoms with Gasteiger partial charge < -0.3 is 47.4 Å². The van der Waals surface area contributed by atoms with Crippen molar-refractivity contribution in [2.24, 2.45) is 23.7 Å². The SMILES string of the molecule is C=CC(=O)OCCOC(=O)CCC(=O)OCCc1ccc(OC(=O)C2CCC(C(=O)Oc3ccc(OC(=O)C4CCC(C(=O)Oc5ccc(CCOC(=O)CCC(=O)OCCOC(=O)C=C)cc5)CC4)c(C)c3)CC2)cc1. The van der Waals surface area contributed by atoms with E-state index in [0.717, 1.165) is 23.3 Å². The summed E-state index contributed by atoms with van der Waals surface area (Å²) in [5.41, 5.74) is 2.25. The second-order valence-corrected chi connectivity index (χ2v) is 18.1. The molecule has 3 aromatic rings. The minimum absolute atomic E-state index is 0.0770. The van der Waals surface area contributed by atoms with Crippen LogP contribution < -0.4 is 18.9 Å². The van der Waals surface area contributed by atoms with Gasteiger partial charge in [0.15, 0.2) is 0 Å². The van der Waals surface area contributed by atoms with Crippen molar-refractivity contribution in [2.75, 3.05) is 39.6 Å². The van der Waals surface area contributed by atoms with E-state index in [1.807, 2.05) is 0 Å². The van der Waals surface area contributed by atoms with Crippen molar-refractivity contribution in [1.29, 1.82) is 0 Å². The van der Waals surface area contributed by atoms with Crippen LogP contribution in [0.4, 0.5) is 0 Å². The Labute approximate surface area is 445 Å². The van der Waals surface area contributed by atoms with Crippen LogP contribution in [0, 0.1) is 30.6 Å². The lowest BCUT2D eigenvalue weighted by molar-refractivity contribution is -0.152. The fraction of sp³-hybridized carbons (Fsp3) is 0.439. The van der Waals surface area contributed by atoms with E-state index in [1.54, 1.807) is 73.7 Å². The maximum Gasteiger partial charge on any atom is 0.330 e. The van der Waals surface area contributed by atoms with Gasteiger partial charge in [-0.3, -0.25) is 38.4 Å². The first-order chi connectivity index (χ1) is 37.1. The predicted octanol–water partition coefficient (Wildman–Crippen LogP) is 6.91. The van der Waals surface area contributed by atoms with Crippen LogP contribution in [0.25, 0.3) is 0 Å². The average molecular weight is 1070 g/mol. The predicted molar refractivity (Wildman–Crippen MR) is 270 cm³/mol. The van der Waals surface area contributed by atoms with Gasteiger partial charge in [-0.1, -0.05) is 37.4 Å². The smallest absolute Gasteiger partial charge is 0.330 e. The first kappa shape index (κ1) is 59.7. The number of hydrogen-bond acceptors (Lipinski definition) is 20. The van der Waals surface area contributed by atoms with Crippen molar-refractivity contribution in [2.45, 2.75) is 96.8 Å². The molecular formula is C57H64O20. The van der Waals surface area contributed by atoms with Crippen LogP contribution in [0.3, 0.4) is 0 Å². The van der Waals surface area contributed by atoms with Crippen LogP contribution in [0.1, 0.15) is 93.7 Å². The number of aryl methyl sites for hydroxylation is 1. The molecule has 2 fully saturated rings. The molecule has 0 bridgehead atoms. The fourth-order valence-electron chi connectivity index (χ4n) is 8.14. The quantitative estimate of drug-likeness (QED) is 0.0235. The number of esters is 10. The molecule has 0 aromatic heterocycles. The summed E-state index contributed by atoms with van der Waals surface area (Å²) in [4.78, 5) is 122. The minimum atomic E-state index is -0.634. The van der Waals surface area contributed by atoms with Crippen LogP contribution in [-0.4, -0.2) is 99.3 Å². The molecule has 412 valence electrons. The second kappa shape index (κ2) is 31.7. The maximum absolute atomic E-state index is 13.2. The van der Waals surface area contributed by atoms with Crippen molar-refractivity contribution >= 4 is 59.7 Å². The third-order valence-corrected chi connectivity index (χ3v) is 12.5. The van der Waals surface area contributed by atoms with Crippen LogP contribution in [0.5, 0.6) is 23.0 Å². The molecule has 20 heteroatoms. The molecule has 0 N–H and O–H groups in total. The molecule has 20 nitrogen and oxygen atoms in total. The Morgan fingerprint density at radius 2 is 0.701 bits per heavy atom. The van der Waals surface area contributed by atoms with Crippen LogP contribution in [0.2, 0.25) is 0 Å². The van der Waals surface area contributed by atoms with Gasteiger partial charge in [0.05, 0.1) is 62.6 Å². The molecule has 0 aliphatic heterocycles. The van der Waals surface area contributed by atoms with Gasteiger partial charge in [-0.2, -0.15) is 0 Å². The van der Waals surface area contributed by atoms with Gasteiger partial charge in [0.2, 0.25) is 0 Å². The standard InChI is InChI=1S/C57H64O20/c1-4-48(58)70-32-34-72-52(62)26-24-50(60)68-30-28-38-6-18-44(19-7-38)74-54(64)40-10-12-42(13-11-40)56(66)76-46-22-23-47(37(3)36-46)77-57(67)43-16-14-41(15-17-43)55(65)75-45-20-8-39(9-21-45)29-31-69-51(61)25-27-53(63)73-35-33-71-49(59)5-2/h4-9,18-23,36,40-43H,1-2,10-17,24-35H2,3H3. The maximum atomic E-state index is 13.2. The lowest BCUT2D eigenvalue weighted by Crippen LogP contribution is -2.30. The van der Waals surface area contributed by atoms with Gasteiger partial charge in [0, 0.05) is 25.0 Å². The second-order valence-electron chi connectivity index (χ2n) is 18.1. The van der Waals surface area contributed by atoms with E-state index in [2.05, 4.69) is 13.2 Å². The zero-order valence-electron chi connectivity index (χ0n) is 43.0. The number of carbonyl (C=O) groups is 10. The van der Waals surface area contributed by atoms with Crippen LogP contribution in [-0.2, 0) is 89.2 Å². The lowest BCUT2D eigenvalue weighted by atomic mass is 9.82. The molecule has 0 unspecified atom stereocenters. The Kier molecular flexibility index (Phi) is 24.6. The van der Waals surface area contributed by atoms with Crippen molar-refractivity contribution < 1.29 is 95.3 Å². The summed E-state index contributed by atoms with van der Waals surface area (Å²) < 4.78 is 52.3. The number of hydrogen-bond donors (Lipinski definition) is 0. The summed E-state index contributed by atoms with van der Waals surface area (Å²) in [7, 11) is 0. The lowest BCUT2D eigenvalue weighted by Gasteiger charge is -2.26. The van der Waals surface area contributed by atoms with Crippen LogP contribution >= 0.6 is 0 Å². The summed E-state index contributed by atoms with van der Waals surface area (Å²) in [5.74, 6) is -5.59. The highest BCUT2D eigenvalue weighted by Gasteiger charge is 2.34. The van der Waals surface area contributed by atoms with Crippen molar-refractivity contribution in [3.05, 3.63) is 109 Å². The molecule has 0 amide bonds. The van der Waals surface area contributed by atoms with E-state index in [4.69, 9.17) is 47.4 Å². The molecule has 3 aromatic carbocycles. The summed E-state index contributed by atoms with van der Waals surface area (Å²) in [6, 6.07) is 18.3. The van der Waals surface area contributed by atoms with E-state index in [1.165, 1.54) is 0 Å². The van der Waals surface area contributed by atoms with Crippen LogP contribution in [0.15, 0.2) is 92.0 Å². The molecular weight excluding hydrogens is 1000 g/mol. The zero-order chi connectivity index (χ0) is 55.5. The minimum Gasteiger partial charge on any atom is -0.465 e. The molecule has 2 aliphatic rings. The highest BCUT2D eigenvalue weighted by Crippen LogP contribution is 2.34. The topological polar surface area (TPSA) is 263 Å². The normalized spacial score (nSPS) is 16.7. The number of carbonyl (C=O) groups excluding carboxylic acids is 10. The summed E-state index contributed by atoms with van der Waals surface area (Å²) in [5, 5.41) is 0. The Hall–Kier alpha value is -8.16. The molecule has 2 saturated carbocycles. The number of benzene rings is 3. The Morgan fingerprint density at radius 1 is 0.403 bits per heavy atom. The van der Waals surface area contributed by atoms with E-state index < -0.39 is 83.4 Å². The van der Waals surface area contributed by atoms with Gasteiger partial charge in [-0.05, 0) is 117 Å². The molecule has 0 saturated heterocycles. The molecule has 0 spiro atoms. The Balaban J connectivity index is 0.918. The largest absolute Gasteiger partial charge is 0.465 e. The fourth-order valence-corrected chi connectivity index (χ4v) is 8.14. The number of rotatable bonds is 28. The first-order valence-electron chi connectivity index (χ1n) is 25.4. The van der Waals surface area contributed by atoms with Crippen molar-refractivity contribution in [3.63, 3.8) is 0 Å². The Morgan fingerprint density at radius 3 is 1.04 bits per heavy atom. The van der Waals surface area contributed by atoms with E-state index in [0.29, 0.717) is 92.8 Å². The van der Waals surface area contributed by atoms with E-state index >= 15 is 0 Å². The Bertz CT molecular complexity index is 2550. The summed E-state index contributed by atoms with van der Waals surface area (Å²) in [6.45, 7) is 7.90. The molecule has 77 heavy (non-hydrogen) atoms. The first-order valence-corrected chi connectivity index (χ1v) is 25.4. The third kappa shape index (κ3) is 21.5. The molecule has 5 rings (SSSR count). The summed E-state index contributed by atoms with van der Waals surface area (Å²) >= 11 is 0. The monoisotopic (exact) mass is 1070 g/mol. The third-order valence-electron chi connectivity index (χ3n) is 12.5. The number of ether oxygens (including phenoxy) is 10. The van der Waals surface area contributed by atoms with Crippen molar-refractivity contribution in [1.82, 2.24) is 0 Å². The molecule has 0 atom stereocenters. The highest BCUT2D eigenvalue weighted by molar-refractivity contribution is 5.82.